The number of benzene rings is 2. The highest BCUT2D eigenvalue weighted by Crippen LogP contribution is 2.26. The van der Waals surface area contributed by atoms with E-state index in [9.17, 15) is 9.59 Å². The Kier molecular flexibility index (Phi) is 5.52. The van der Waals surface area contributed by atoms with Crippen LogP contribution >= 0.6 is 0 Å². The molecule has 0 bridgehead atoms. The predicted octanol–water partition coefficient (Wildman–Crippen LogP) is 3.66. The van der Waals surface area contributed by atoms with Gasteiger partial charge in [-0.15, -0.1) is 0 Å². The first-order valence-electron chi connectivity index (χ1n) is 10.0. The number of aromatic nitrogens is 2. The Morgan fingerprint density at radius 1 is 1.13 bits per heavy atom. The zero-order valence-electron chi connectivity index (χ0n) is 17.0. The van der Waals surface area contributed by atoms with Crippen LogP contribution in [0.15, 0.2) is 65.6 Å². The minimum Gasteiger partial charge on any atom is -0.487 e. The van der Waals surface area contributed by atoms with Crippen LogP contribution in [0.4, 0.5) is 11.4 Å². The van der Waals surface area contributed by atoms with Gasteiger partial charge < -0.3 is 15.4 Å². The molecule has 1 saturated carbocycles. The van der Waals surface area contributed by atoms with Gasteiger partial charge in [0, 0.05) is 17.3 Å². The Labute approximate surface area is 174 Å². The number of ether oxygens (including phenoxy) is 1. The summed E-state index contributed by atoms with van der Waals surface area (Å²) in [4.78, 5) is 25.6. The molecule has 1 aliphatic rings. The number of carbonyl (C=O) groups excluding carboxylic acids is 1. The number of rotatable bonds is 7. The molecular weight excluding hydrogens is 380 g/mol. The number of hydrogen-bond donors (Lipinski definition) is 2. The van der Waals surface area contributed by atoms with Gasteiger partial charge in [-0.25, -0.2) is 0 Å². The summed E-state index contributed by atoms with van der Waals surface area (Å²) >= 11 is 0. The molecule has 3 aromatic rings. The monoisotopic (exact) mass is 404 g/mol. The maximum absolute atomic E-state index is 13.2. The quantitative estimate of drug-likeness (QED) is 0.628. The summed E-state index contributed by atoms with van der Waals surface area (Å²) in [6.45, 7) is 3.77. The summed E-state index contributed by atoms with van der Waals surface area (Å²) < 4.78 is 7.13. The Balaban J connectivity index is 1.69. The lowest BCUT2D eigenvalue weighted by molar-refractivity contribution is 0.0951. The highest BCUT2D eigenvalue weighted by Gasteiger charge is 2.24. The van der Waals surface area contributed by atoms with Gasteiger partial charge in [-0.1, -0.05) is 24.3 Å². The molecule has 1 fully saturated rings. The molecule has 7 heteroatoms. The van der Waals surface area contributed by atoms with Crippen LogP contribution in [0.2, 0.25) is 0 Å². The smallest absolute Gasteiger partial charge is 0.299 e. The number of para-hydroxylation sites is 1. The number of anilines is 2. The van der Waals surface area contributed by atoms with Gasteiger partial charge in [0.1, 0.15) is 0 Å². The average Bonchev–Trinajstić information content (AvgIpc) is 3.55. The highest BCUT2D eigenvalue weighted by atomic mass is 16.5. The Morgan fingerprint density at radius 2 is 1.90 bits per heavy atom. The van der Waals surface area contributed by atoms with Crippen LogP contribution in [0.3, 0.4) is 0 Å². The molecule has 7 nitrogen and oxygen atoms in total. The molecule has 2 aromatic carbocycles. The Bertz CT molecular complexity index is 1100. The van der Waals surface area contributed by atoms with Crippen molar-refractivity contribution in [3.8, 4) is 11.4 Å². The van der Waals surface area contributed by atoms with Crippen molar-refractivity contribution in [3.05, 3.63) is 76.7 Å². The Hall–Kier alpha value is -3.61. The van der Waals surface area contributed by atoms with Crippen molar-refractivity contribution in [1.82, 2.24) is 15.1 Å². The molecule has 0 saturated heterocycles. The van der Waals surface area contributed by atoms with Gasteiger partial charge in [0.15, 0.2) is 11.4 Å². The third kappa shape index (κ3) is 4.51. The molecular formula is C23H24N4O3. The van der Waals surface area contributed by atoms with Crippen LogP contribution < -0.4 is 20.9 Å². The van der Waals surface area contributed by atoms with Gasteiger partial charge in [-0.2, -0.15) is 9.78 Å². The van der Waals surface area contributed by atoms with Gasteiger partial charge in [0.2, 0.25) is 0 Å². The molecule has 0 unspecified atom stereocenters. The van der Waals surface area contributed by atoms with E-state index in [2.05, 4.69) is 15.7 Å². The number of hydrogen-bond acceptors (Lipinski definition) is 5. The van der Waals surface area contributed by atoms with Crippen LogP contribution in [0.5, 0.6) is 5.75 Å². The summed E-state index contributed by atoms with van der Waals surface area (Å²) in [7, 11) is 0. The van der Waals surface area contributed by atoms with E-state index in [0.717, 1.165) is 12.8 Å². The van der Waals surface area contributed by atoms with Gasteiger partial charge in [-0.3, -0.25) is 9.59 Å². The standard InChI is InChI=1S/C23H24N4O3/c1-15(2)30-20-14-24-27(19-9-4-3-5-10-19)23(29)21(20)25-18-8-6-7-16(13-18)22(28)26-17-11-12-17/h3-10,13-15,17,25H,11-12H2,1-2H3,(H,26,28). The van der Waals surface area contributed by atoms with Crippen molar-refractivity contribution in [2.24, 2.45) is 0 Å². The molecule has 1 aromatic heterocycles. The van der Waals surface area contributed by atoms with Crippen LogP contribution in [-0.2, 0) is 0 Å². The first-order chi connectivity index (χ1) is 14.5. The lowest BCUT2D eigenvalue weighted by atomic mass is 10.2. The van der Waals surface area contributed by atoms with E-state index in [1.54, 1.807) is 24.3 Å². The van der Waals surface area contributed by atoms with Crippen LogP contribution in [-0.4, -0.2) is 27.8 Å². The van der Waals surface area contributed by atoms with Gasteiger partial charge >= 0.3 is 0 Å². The molecule has 4 rings (SSSR count). The number of nitrogens with zero attached hydrogens (tertiary/aromatic N) is 2. The third-order valence-corrected chi connectivity index (χ3v) is 4.61. The minimum absolute atomic E-state index is 0.115. The van der Waals surface area contributed by atoms with Crippen LogP contribution in [0, 0.1) is 0 Å². The van der Waals surface area contributed by atoms with Crippen LogP contribution in [0.25, 0.3) is 5.69 Å². The van der Waals surface area contributed by atoms with Crippen molar-refractivity contribution in [1.29, 1.82) is 0 Å². The predicted molar refractivity (Wildman–Crippen MR) is 116 cm³/mol. The largest absolute Gasteiger partial charge is 0.487 e. The molecule has 0 spiro atoms. The molecule has 1 aliphatic carbocycles. The van der Waals surface area contributed by atoms with Crippen molar-refractivity contribution >= 4 is 17.3 Å². The zero-order chi connectivity index (χ0) is 21.1. The average molecular weight is 404 g/mol. The second-order valence-electron chi connectivity index (χ2n) is 7.56. The highest BCUT2D eigenvalue weighted by molar-refractivity contribution is 5.95. The summed E-state index contributed by atoms with van der Waals surface area (Å²) in [5.74, 6) is 0.242. The van der Waals surface area contributed by atoms with Crippen LogP contribution in [0.1, 0.15) is 37.0 Å². The van der Waals surface area contributed by atoms with Gasteiger partial charge in [0.05, 0.1) is 18.0 Å². The summed E-state index contributed by atoms with van der Waals surface area (Å²) in [5, 5.41) is 10.4. The second kappa shape index (κ2) is 8.41. The fourth-order valence-electron chi connectivity index (χ4n) is 3.03. The van der Waals surface area contributed by atoms with E-state index in [1.807, 2.05) is 44.2 Å². The molecule has 2 N–H and O–H groups in total. The lowest BCUT2D eigenvalue weighted by Crippen LogP contribution is -2.26. The number of carbonyl (C=O) groups is 1. The topological polar surface area (TPSA) is 85.2 Å². The van der Waals surface area contributed by atoms with Crippen molar-refractivity contribution in [3.63, 3.8) is 0 Å². The molecule has 1 heterocycles. The maximum Gasteiger partial charge on any atom is 0.299 e. The first kappa shape index (κ1) is 19.7. The zero-order valence-corrected chi connectivity index (χ0v) is 17.0. The summed E-state index contributed by atoms with van der Waals surface area (Å²) in [6, 6.07) is 16.5. The molecule has 0 aliphatic heterocycles. The first-order valence-corrected chi connectivity index (χ1v) is 10.0. The minimum atomic E-state index is -0.341. The third-order valence-electron chi connectivity index (χ3n) is 4.61. The summed E-state index contributed by atoms with van der Waals surface area (Å²) in [6.07, 6.45) is 3.45. The second-order valence-corrected chi connectivity index (χ2v) is 7.56. The van der Waals surface area contributed by atoms with Crippen molar-refractivity contribution in [2.45, 2.75) is 38.8 Å². The Morgan fingerprint density at radius 3 is 2.60 bits per heavy atom. The molecule has 154 valence electrons. The van der Waals surface area contributed by atoms with Gasteiger partial charge in [0.25, 0.3) is 11.5 Å². The van der Waals surface area contributed by atoms with E-state index in [1.165, 1.54) is 10.9 Å². The molecule has 0 radical (unpaired) electrons. The van der Waals surface area contributed by atoms with E-state index < -0.39 is 0 Å². The SMILES string of the molecule is CC(C)Oc1cnn(-c2ccccc2)c(=O)c1Nc1cccc(C(=O)NC2CC2)c1. The maximum atomic E-state index is 13.2. The molecule has 0 atom stereocenters. The lowest BCUT2D eigenvalue weighted by Gasteiger charge is -2.16. The fraction of sp³-hybridized carbons (Fsp3) is 0.261. The normalized spacial score (nSPS) is 13.2. The molecule has 30 heavy (non-hydrogen) atoms. The van der Waals surface area contributed by atoms with E-state index in [-0.39, 0.29) is 29.3 Å². The van der Waals surface area contributed by atoms with E-state index >= 15 is 0 Å². The fourth-order valence-corrected chi connectivity index (χ4v) is 3.03. The van der Waals surface area contributed by atoms with Crippen molar-refractivity contribution in [2.75, 3.05) is 5.32 Å². The van der Waals surface area contributed by atoms with Crippen molar-refractivity contribution < 1.29 is 9.53 Å². The van der Waals surface area contributed by atoms with Gasteiger partial charge in [-0.05, 0) is 57.0 Å². The molecule has 1 amide bonds. The number of amides is 1. The number of nitrogens with one attached hydrogen (secondary N) is 2. The summed E-state index contributed by atoms with van der Waals surface area (Å²) in [5.41, 5.74) is 1.74. The van der Waals surface area contributed by atoms with E-state index in [4.69, 9.17) is 4.74 Å². The van der Waals surface area contributed by atoms with E-state index in [0.29, 0.717) is 22.7 Å².